The third-order valence-electron chi connectivity index (χ3n) is 7.47. The molecule has 0 saturated heterocycles. The van der Waals surface area contributed by atoms with Crippen molar-refractivity contribution in [1.82, 2.24) is 25.2 Å². The first-order valence-electron chi connectivity index (χ1n) is 13.1. The molecule has 2 aromatic rings. The number of pyridine rings is 1. The van der Waals surface area contributed by atoms with Gasteiger partial charge in [0.2, 0.25) is 5.91 Å². The zero-order valence-corrected chi connectivity index (χ0v) is 21.3. The molecule has 0 radical (unpaired) electrons. The molecule has 0 atom stereocenters. The van der Waals surface area contributed by atoms with Crippen LogP contribution in [0.5, 0.6) is 0 Å². The number of nitrogens with one attached hydrogen (secondary N) is 1. The molecule has 2 aliphatic rings. The van der Waals surface area contributed by atoms with E-state index in [1.54, 1.807) is 25.4 Å². The van der Waals surface area contributed by atoms with Gasteiger partial charge >= 0.3 is 6.18 Å². The van der Waals surface area contributed by atoms with Gasteiger partial charge in [-0.1, -0.05) is 6.07 Å². The van der Waals surface area contributed by atoms with E-state index in [0.717, 1.165) is 36.3 Å². The molecule has 10 heteroatoms. The molecular formula is C27H35F4N5O. The zero-order chi connectivity index (χ0) is 26.5. The SMILES string of the molecule is Cc1ncc(CC(=O)NC2CCC(F)(CCN3CCc4ccc(CCC(F)(F)F)nc4CC3)CC2)cn1. The van der Waals surface area contributed by atoms with Crippen molar-refractivity contribution < 1.29 is 22.4 Å². The van der Waals surface area contributed by atoms with E-state index in [4.69, 9.17) is 0 Å². The second-order valence-electron chi connectivity index (χ2n) is 10.4. The molecule has 0 unspecified atom stereocenters. The van der Waals surface area contributed by atoms with Crippen LogP contribution in [0.1, 0.15) is 66.9 Å². The Kier molecular flexibility index (Phi) is 8.77. The fourth-order valence-corrected chi connectivity index (χ4v) is 5.17. The molecule has 1 aliphatic heterocycles. The molecule has 1 aliphatic carbocycles. The maximum absolute atomic E-state index is 15.6. The first kappa shape index (κ1) is 27.4. The van der Waals surface area contributed by atoms with E-state index >= 15 is 4.39 Å². The Balaban J connectivity index is 1.19. The number of alkyl halides is 4. The van der Waals surface area contributed by atoms with Crippen LogP contribution >= 0.6 is 0 Å². The van der Waals surface area contributed by atoms with Gasteiger partial charge in [0.1, 0.15) is 11.5 Å². The van der Waals surface area contributed by atoms with Gasteiger partial charge in [0.05, 0.1) is 6.42 Å². The van der Waals surface area contributed by atoms with Crippen LogP contribution in [0.15, 0.2) is 24.5 Å². The lowest BCUT2D eigenvalue weighted by Gasteiger charge is -2.35. The van der Waals surface area contributed by atoms with Crippen LogP contribution in [0, 0.1) is 6.92 Å². The van der Waals surface area contributed by atoms with Gasteiger partial charge in [-0.15, -0.1) is 0 Å². The van der Waals surface area contributed by atoms with Crippen molar-refractivity contribution in [3.8, 4) is 0 Å². The van der Waals surface area contributed by atoms with Gasteiger partial charge in [0.15, 0.2) is 0 Å². The molecule has 0 bridgehead atoms. The van der Waals surface area contributed by atoms with Gasteiger partial charge in [-0.25, -0.2) is 14.4 Å². The van der Waals surface area contributed by atoms with Gasteiger partial charge in [-0.2, -0.15) is 13.2 Å². The summed E-state index contributed by atoms with van der Waals surface area (Å²) in [5.41, 5.74) is 1.93. The molecule has 2 aromatic heterocycles. The summed E-state index contributed by atoms with van der Waals surface area (Å²) < 4.78 is 53.2. The Morgan fingerprint density at radius 3 is 2.54 bits per heavy atom. The van der Waals surface area contributed by atoms with Crippen LogP contribution in [-0.4, -0.2) is 63.3 Å². The number of rotatable bonds is 8. The van der Waals surface area contributed by atoms with Crippen molar-refractivity contribution in [3.63, 3.8) is 0 Å². The number of aryl methyl sites for hydroxylation is 2. The maximum atomic E-state index is 15.6. The highest BCUT2D eigenvalue weighted by atomic mass is 19.4. The number of fused-ring (bicyclic) bond motifs is 1. The molecule has 1 amide bonds. The van der Waals surface area contributed by atoms with Gasteiger partial charge in [-0.3, -0.25) is 9.78 Å². The van der Waals surface area contributed by atoms with Gasteiger partial charge in [0.25, 0.3) is 0 Å². The summed E-state index contributed by atoms with van der Waals surface area (Å²) in [6, 6.07) is 3.58. The average molecular weight is 522 g/mol. The number of hydrogen-bond acceptors (Lipinski definition) is 5. The van der Waals surface area contributed by atoms with Crippen molar-refractivity contribution in [2.45, 2.75) is 89.0 Å². The normalized spacial score (nSPS) is 22.8. The van der Waals surface area contributed by atoms with Crippen LogP contribution < -0.4 is 5.32 Å². The van der Waals surface area contributed by atoms with Gasteiger partial charge in [0, 0.05) is 62.3 Å². The number of halogens is 4. The van der Waals surface area contributed by atoms with E-state index in [1.807, 2.05) is 6.07 Å². The van der Waals surface area contributed by atoms with E-state index in [0.29, 0.717) is 56.6 Å². The lowest BCUT2D eigenvalue weighted by molar-refractivity contribution is -0.134. The van der Waals surface area contributed by atoms with Crippen LogP contribution in [0.25, 0.3) is 0 Å². The van der Waals surface area contributed by atoms with Crippen molar-refractivity contribution >= 4 is 5.91 Å². The first-order chi connectivity index (χ1) is 17.6. The summed E-state index contributed by atoms with van der Waals surface area (Å²) in [6.07, 6.45) is 2.30. The van der Waals surface area contributed by atoms with E-state index in [1.165, 1.54) is 0 Å². The molecule has 6 nitrogen and oxygen atoms in total. The Bertz CT molecular complexity index is 1050. The molecule has 37 heavy (non-hydrogen) atoms. The van der Waals surface area contributed by atoms with E-state index in [-0.39, 0.29) is 24.8 Å². The Morgan fingerprint density at radius 2 is 1.84 bits per heavy atom. The number of carbonyl (C=O) groups is 1. The number of nitrogens with zero attached hydrogens (tertiary/aromatic N) is 4. The third-order valence-corrected chi connectivity index (χ3v) is 7.47. The topological polar surface area (TPSA) is 71.0 Å². The number of carbonyl (C=O) groups excluding carboxylic acids is 1. The number of hydrogen-bond donors (Lipinski definition) is 1. The molecule has 202 valence electrons. The predicted molar refractivity (Wildman–Crippen MR) is 132 cm³/mol. The van der Waals surface area contributed by atoms with Crippen molar-refractivity contribution in [1.29, 1.82) is 0 Å². The van der Waals surface area contributed by atoms with Gasteiger partial charge < -0.3 is 10.2 Å². The lowest BCUT2D eigenvalue weighted by Crippen LogP contribution is -2.43. The minimum Gasteiger partial charge on any atom is -0.353 e. The van der Waals surface area contributed by atoms with Crippen molar-refractivity contribution in [2.75, 3.05) is 19.6 Å². The molecule has 0 aromatic carbocycles. The second-order valence-corrected chi connectivity index (χ2v) is 10.4. The summed E-state index contributed by atoms with van der Waals surface area (Å²) in [5.74, 6) is 0.564. The largest absolute Gasteiger partial charge is 0.389 e. The molecule has 0 spiro atoms. The minimum absolute atomic E-state index is 0.0203. The standard InChI is InChI=1S/C27H35F4N5O/c1-19-32-17-20(18-33-19)16-25(37)35-23-4-9-26(28,10-5-23)12-15-36-13-7-21-2-3-22(6-11-27(29,30)31)34-24(21)8-14-36/h2-3,17-18,23H,4-16H2,1H3,(H,35,37). The van der Waals surface area contributed by atoms with E-state index in [2.05, 4.69) is 25.2 Å². The molecule has 1 fully saturated rings. The Labute approximate surface area is 215 Å². The molecule has 1 N–H and O–H groups in total. The smallest absolute Gasteiger partial charge is 0.353 e. The van der Waals surface area contributed by atoms with E-state index < -0.39 is 18.3 Å². The molecule has 1 saturated carbocycles. The fraction of sp³-hybridized carbons (Fsp3) is 0.630. The summed E-state index contributed by atoms with van der Waals surface area (Å²) in [7, 11) is 0. The van der Waals surface area contributed by atoms with Crippen LogP contribution in [0.4, 0.5) is 17.6 Å². The highest BCUT2D eigenvalue weighted by Crippen LogP contribution is 2.35. The lowest BCUT2D eigenvalue weighted by atomic mass is 9.81. The average Bonchev–Trinajstić information content (AvgIpc) is 3.06. The summed E-state index contributed by atoms with van der Waals surface area (Å²) in [4.78, 5) is 27.3. The zero-order valence-electron chi connectivity index (χ0n) is 21.3. The Hall–Kier alpha value is -2.62. The minimum atomic E-state index is -4.19. The number of aromatic nitrogens is 3. The quantitative estimate of drug-likeness (QED) is 0.519. The second kappa shape index (κ2) is 11.8. The van der Waals surface area contributed by atoms with Crippen LogP contribution in [0.3, 0.4) is 0 Å². The highest BCUT2D eigenvalue weighted by molar-refractivity contribution is 5.78. The van der Waals surface area contributed by atoms with Crippen molar-refractivity contribution in [2.24, 2.45) is 0 Å². The fourth-order valence-electron chi connectivity index (χ4n) is 5.17. The van der Waals surface area contributed by atoms with Crippen LogP contribution in [-0.2, 0) is 30.5 Å². The third kappa shape index (κ3) is 8.45. The first-order valence-corrected chi connectivity index (χ1v) is 13.1. The summed E-state index contributed by atoms with van der Waals surface area (Å²) >= 11 is 0. The number of amides is 1. The molecule has 4 rings (SSSR count). The summed E-state index contributed by atoms with van der Waals surface area (Å²) in [6.45, 7) is 3.93. The monoisotopic (exact) mass is 521 g/mol. The molecule has 3 heterocycles. The summed E-state index contributed by atoms with van der Waals surface area (Å²) in [5, 5.41) is 3.02. The highest BCUT2D eigenvalue weighted by Gasteiger charge is 2.36. The predicted octanol–water partition coefficient (Wildman–Crippen LogP) is 4.48. The Morgan fingerprint density at radius 1 is 1.14 bits per heavy atom. The van der Waals surface area contributed by atoms with E-state index in [9.17, 15) is 18.0 Å². The molecular weight excluding hydrogens is 486 g/mol. The van der Waals surface area contributed by atoms with Crippen LogP contribution in [0.2, 0.25) is 0 Å². The maximum Gasteiger partial charge on any atom is 0.389 e. The van der Waals surface area contributed by atoms with Crippen molar-refractivity contribution in [3.05, 3.63) is 52.9 Å². The van der Waals surface area contributed by atoms with Gasteiger partial charge in [-0.05, 0) is 69.1 Å².